The minimum absolute atomic E-state index is 0.172. The second kappa shape index (κ2) is 9.77. The van der Waals surface area contributed by atoms with Gasteiger partial charge in [0.05, 0.1) is 24.1 Å². The van der Waals surface area contributed by atoms with Crippen LogP contribution in [-0.4, -0.2) is 39.7 Å². The van der Waals surface area contributed by atoms with E-state index in [1.807, 2.05) is 0 Å². The van der Waals surface area contributed by atoms with E-state index < -0.39 is 28.4 Å². The topological polar surface area (TPSA) is 92.8 Å². The third-order valence-corrected chi connectivity index (χ3v) is 7.51. The maximum Gasteiger partial charge on any atom is 0.341 e. The van der Waals surface area contributed by atoms with Gasteiger partial charge < -0.3 is 10.1 Å². The standard InChI is InChI=1S/C20H22Cl2N2O5S2/c1-3-29-20(26)18-15-6-4-5-7-16(15)30-19(18)23-17(25)11-24(31(2,27)28)14-9-12(21)8-13(22)10-14/h8-10H,3-7,11H2,1-2H3,(H,23,25). The van der Waals surface area contributed by atoms with Gasteiger partial charge in [-0.05, 0) is 56.4 Å². The molecule has 31 heavy (non-hydrogen) atoms. The van der Waals surface area contributed by atoms with Crippen molar-refractivity contribution in [1.82, 2.24) is 0 Å². The number of nitrogens with one attached hydrogen (secondary N) is 1. The highest BCUT2D eigenvalue weighted by molar-refractivity contribution is 7.92. The van der Waals surface area contributed by atoms with Gasteiger partial charge in [0.1, 0.15) is 11.5 Å². The molecular weight excluding hydrogens is 483 g/mol. The van der Waals surface area contributed by atoms with Crippen LogP contribution in [0.15, 0.2) is 18.2 Å². The van der Waals surface area contributed by atoms with Crippen molar-refractivity contribution in [2.75, 3.05) is 29.0 Å². The van der Waals surface area contributed by atoms with Gasteiger partial charge in [0.2, 0.25) is 15.9 Å². The van der Waals surface area contributed by atoms with Crippen LogP contribution < -0.4 is 9.62 Å². The Morgan fingerprint density at radius 3 is 2.42 bits per heavy atom. The zero-order valence-electron chi connectivity index (χ0n) is 17.0. The highest BCUT2D eigenvalue weighted by Gasteiger charge is 2.28. The summed E-state index contributed by atoms with van der Waals surface area (Å²) in [6, 6.07) is 4.29. The lowest BCUT2D eigenvalue weighted by Crippen LogP contribution is -2.37. The molecule has 0 fully saturated rings. The van der Waals surface area contributed by atoms with E-state index in [0.717, 1.165) is 46.7 Å². The van der Waals surface area contributed by atoms with Crippen LogP contribution in [-0.2, 0) is 32.4 Å². The molecule has 1 aliphatic rings. The third kappa shape index (κ3) is 5.71. The van der Waals surface area contributed by atoms with Crippen LogP contribution >= 0.6 is 34.5 Å². The Kier molecular flexibility index (Phi) is 7.51. The summed E-state index contributed by atoms with van der Waals surface area (Å²) in [7, 11) is -3.81. The maximum atomic E-state index is 12.8. The Morgan fingerprint density at radius 1 is 1.16 bits per heavy atom. The predicted molar refractivity (Wildman–Crippen MR) is 124 cm³/mol. The lowest BCUT2D eigenvalue weighted by molar-refractivity contribution is -0.114. The van der Waals surface area contributed by atoms with Gasteiger partial charge in [-0.2, -0.15) is 0 Å². The number of amides is 1. The Bertz CT molecular complexity index is 1090. The monoisotopic (exact) mass is 504 g/mol. The average Bonchev–Trinajstić information content (AvgIpc) is 3.02. The lowest BCUT2D eigenvalue weighted by atomic mass is 9.95. The fraction of sp³-hybridized carbons (Fsp3) is 0.400. The van der Waals surface area contributed by atoms with Crippen LogP contribution in [0, 0.1) is 0 Å². The number of anilines is 2. The van der Waals surface area contributed by atoms with Gasteiger partial charge in [-0.15, -0.1) is 11.3 Å². The number of rotatable bonds is 7. The number of aryl methyl sites for hydroxylation is 1. The number of sulfonamides is 1. The lowest BCUT2D eigenvalue weighted by Gasteiger charge is -2.22. The Balaban J connectivity index is 1.89. The average molecular weight is 505 g/mol. The molecule has 1 heterocycles. The molecule has 168 valence electrons. The Labute approximate surface area is 195 Å². The van der Waals surface area contributed by atoms with Gasteiger partial charge >= 0.3 is 5.97 Å². The molecule has 1 N–H and O–H groups in total. The molecule has 0 spiro atoms. The Morgan fingerprint density at radius 2 is 1.81 bits per heavy atom. The molecule has 0 saturated heterocycles. The van der Waals surface area contributed by atoms with Gasteiger partial charge in [-0.3, -0.25) is 9.10 Å². The fourth-order valence-corrected chi connectivity index (χ4v) is 6.10. The first-order chi connectivity index (χ1) is 14.6. The normalized spacial score (nSPS) is 13.4. The molecule has 2 aromatic rings. The van der Waals surface area contributed by atoms with Crippen LogP contribution in [0.25, 0.3) is 0 Å². The number of carbonyl (C=O) groups is 2. The van der Waals surface area contributed by atoms with Gasteiger partial charge in [0.25, 0.3) is 0 Å². The van der Waals surface area contributed by atoms with Crippen molar-refractivity contribution in [3.8, 4) is 0 Å². The molecule has 0 aliphatic heterocycles. The van der Waals surface area contributed by atoms with Crippen molar-refractivity contribution in [3.05, 3.63) is 44.2 Å². The number of esters is 1. The molecule has 7 nitrogen and oxygen atoms in total. The van der Waals surface area contributed by atoms with Gasteiger partial charge in [0, 0.05) is 14.9 Å². The van der Waals surface area contributed by atoms with Crippen LogP contribution in [0.5, 0.6) is 0 Å². The summed E-state index contributed by atoms with van der Waals surface area (Å²) in [5, 5.41) is 3.58. The van der Waals surface area contributed by atoms with E-state index in [1.165, 1.54) is 29.5 Å². The molecule has 0 unspecified atom stereocenters. The zero-order chi connectivity index (χ0) is 22.8. The molecule has 0 saturated carbocycles. The molecule has 1 amide bonds. The molecule has 3 rings (SSSR count). The summed E-state index contributed by atoms with van der Waals surface area (Å²) in [5.74, 6) is -1.08. The first-order valence-corrected chi connectivity index (χ1v) is 13.1. The fourth-order valence-electron chi connectivity index (χ4n) is 3.45. The van der Waals surface area contributed by atoms with Crippen molar-refractivity contribution < 1.29 is 22.7 Å². The summed E-state index contributed by atoms with van der Waals surface area (Å²) >= 11 is 13.3. The summed E-state index contributed by atoms with van der Waals surface area (Å²) in [4.78, 5) is 26.4. The molecular formula is C20H22Cl2N2O5S2. The van der Waals surface area contributed by atoms with Crippen molar-refractivity contribution >= 4 is 67.1 Å². The number of fused-ring (bicyclic) bond motifs is 1. The van der Waals surface area contributed by atoms with Crippen molar-refractivity contribution in [3.63, 3.8) is 0 Å². The van der Waals surface area contributed by atoms with E-state index in [9.17, 15) is 18.0 Å². The Hall–Kier alpha value is -1.81. The highest BCUT2D eigenvalue weighted by atomic mass is 35.5. The molecule has 0 bridgehead atoms. The zero-order valence-corrected chi connectivity index (χ0v) is 20.2. The van der Waals surface area contributed by atoms with Crippen LogP contribution in [0.1, 0.15) is 40.6 Å². The van der Waals surface area contributed by atoms with Gasteiger partial charge in [-0.25, -0.2) is 13.2 Å². The first kappa shape index (κ1) is 23.8. The molecule has 1 aromatic carbocycles. The summed E-state index contributed by atoms with van der Waals surface area (Å²) in [6.07, 6.45) is 4.54. The SMILES string of the molecule is CCOC(=O)c1c(NC(=O)CN(c2cc(Cl)cc(Cl)c2)S(C)(=O)=O)sc2c1CCCC2. The minimum atomic E-state index is -3.81. The van der Waals surface area contributed by atoms with E-state index >= 15 is 0 Å². The van der Waals surface area contributed by atoms with Crippen LogP contribution in [0.4, 0.5) is 10.7 Å². The summed E-state index contributed by atoms with van der Waals surface area (Å²) in [5.41, 5.74) is 1.45. The number of hydrogen-bond acceptors (Lipinski definition) is 6. The van der Waals surface area contributed by atoms with E-state index in [0.29, 0.717) is 10.6 Å². The summed E-state index contributed by atoms with van der Waals surface area (Å²) < 4.78 is 30.8. The number of ether oxygens (including phenoxy) is 1. The molecule has 1 aliphatic carbocycles. The molecule has 0 atom stereocenters. The molecule has 1 aromatic heterocycles. The van der Waals surface area contributed by atoms with Crippen LogP contribution in [0.3, 0.4) is 0 Å². The third-order valence-electron chi connectivity index (χ3n) is 4.73. The number of carbonyl (C=O) groups excluding carboxylic acids is 2. The maximum absolute atomic E-state index is 12.8. The summed E-state index contributed by atoms with van der Waals surface area (Å²) in [6.45, 7) is 1.43. The molecule has 0 radical (unpaired) electrons. The molecule has 11 heteroatoms. The van der Waals surface area contributed by atoms with Crippen molar-refractivity contribution in [2.24, 2.45) is 0 Å². The number of halogens is 2. The quantitative estimate of drug-likeness (QED) is 0.559. The predicted octanol–water partition coefficient (Wildman–Crippen LogP) is 4.52. The van der Waals surface area contributed by atoms with E-state index in [1.54, 1.807) is 6.92 Å². The van der Waals surface area contributed by atoms with E-state index in [2.05, 4.69) is 5.32 Å². The highest BCUT2D eigenvalue weighted by Crippen LogP contribution is 2.38. The number of benzene rings is 1. The second-order valence-corrected chi connectivity index (χ2v) is 11.0. The minimum Gasteiger partial charge on any atom is -0.462 e. The van der Waals surface area contributed by atoms with Crippen molar-refractivity contribution in [1.29, 1.82) is 0 Å². The van der Waals surface area contributed by atoms with Gasteiger partial charge in [-0.1, -0.05) is 23.2 Å². The van der Waals surface area contributed by atoms with Crippen LogP contribution in [0.2, 0.25) is 10.0 Å². The number of nitrogens with zero attached hydrogens (tertiary/aromatic N) is 1. The smallest absolute Gasteiger partial charge is 0.341 e. The largest absolute Gasteiger partial charge is 0.462 e. The van der Waals surface area contributed by atoms with Gasteiger partial charge in [0.15, 0.2) is 0 Å². The van der Waals surface area contributed by atoms with E-state index in [4.69, 9.17) is 27.9 Å². The number of hydrogen-bond donors (Lipinski definition) is 1. The first-order valence-electron chi connectivity index (χ1n) is 9.65. The van der Waals surface area contributed by atoms with E-state index in [-0.39, 0.29) is 22.3 Å². The van der Waals surface area contributed by atoms with Crippen molar-refractivity contribution in [2.45, 2.75) is 32.6 Å². The second-order valence-electron chi connectivity index (χ2n) is 7.08. The number of thiophene rings is 1.